The van der Waals surface area contributed by atoms with Crippen LogP contribution in [0, 0.1) is 5.82 Å². The number of hydrogen-bond acceptors (Lipinski definition) is 4. The van der Waals surface area contributed by atoms with E-state index in [1.54, 1.807) is 18.2 Å². The fourth-order valence-electron chi connectivity index (χ4n) is 2.57. The van der Waals surface area contributed by atoms with E-state index in [0.29, 0.717) is 0 Å². The smallest absolute Gasteiger partial charge is 0.189 e. The first-order chi connectivity index (χ1) is 13.0. The zero-order valence-electron chi connectivity index (χ0n) is 14.3. The van der Waals surface area contributed by atoms with Crippen LogP contribution in [0.1, 0.15) is 10.4 Å². The van der Waals surface area contributed by atoms with Crippen LogP contribution in [0.2, 0.25) is 0 Å². The van der Waals surface area contributed by atoms with E-state index in [4.69, 9.17) is 0 Å². The molecular weight excluding hydrogens is 383 g/mol. The second kappa shape index (κ2) is 8.50. The van der Waals surface area contributed by atoms with Gasteiger partial charge in [0.1, 0.15) is 11.1 Å². The van der Waals surface area contributed by atoms with E-state index in [9.17, 15) is 17.6 Å². The third-order valence-electron chi connectivity index (χ3n) is 4.01. The molecule has 1 unspecified atom stereocenters. The van der Waals surface area contributed by atoms with Gasteiger partial charge >= 0.3 is 0 Å². The molecular formula is C21H17FO3S2. The van der Waals surface area contributed by atoms with E-state index >= 15 is 0 Å². The Bertz CT molecular complexity index is 1000. The first kappa shape index (κ1) is 19.3. The summed E-state index contributed by atoms with van der Waals surface area (Å²) in [5.74, 6) is -0.952. The van der Waals surface area contributed by atoms with Crippen LogP contribution in [-0.4, -0.2) is 25.2 Å². The maximum absolute atomic E-state index is 13.2. The quantitative estimate of drug-likeness (QED) is 0.428. The lowest BCUT2D eigenvalue weighted by Gasteiger charge is -2.17. The molecule has 6 heteroatoms. The molecule has 0 amide bonds. The Balaban J connectivity index is 1.95. The Kier molecular flexibility index (Phi) is 6.08. The van der Waals surface area contributed by atoms with Crippen molar-refractivity contribution in [1.82, 2.24) is 0 Å². The zero-order valence-corrected chi connectivity index (χ0v) is 15.9. The number of rotatable bonds is 7. The van der Waals surface area contributed by atoms with Crippen molar-refractivity contribution in [2.45, 2.75) is 15.0 Å². The molecule has 0 aliphatic rings. The highest BCUT2D eigenvalue weighted by Gasteiger charge is 2.34. The number of benzene rings is 3. The monoisotopic (exact) mass is 400 g/mol. The van der Waals surface area contributed by atoms with Crippen LogP contribution in [0.4, 0.5) is 4.39 Å². The van der Waals surface area contributed by atoms with Crippen molar-refractivity contribution in [3.05, 3.63) is 96.3 Å². The van der Waals surface area contributed by atoms with Crippen LogP contribution in [0.15, 0.2) is 94.7 Å². The molecule has 138 valence electrons. The van der Waals surface area contributed by atoms with Gasteiger partial charge in [0, 0.05) is 16.2 Å². The predicted octanol–water partition coefficient (Wildman–Crippen LogP) is 4.64. The van der Waals surface area contributed by atoms with E-state index in [-0.39, 0.29) is 16.2 Å². The van der Waals surface area contributed by atoms with E-state index < -0.39 is 26.7 Å². The SMILES string of the molecule is O=C(c1ccc(F)cc1)C(CSc1ccccc1)S(=O)(=O)c1ccccc1. The molecule has 0 N–H and O–H groups in total. The summed E-state index contributed by atoms with van der Waals surface area (Å²) in [5.41, 5.74) is 0.176. The molecule has 0 saturated carbocycles. The fourth-order valence-corrected chi connectivity index (χ4v) is 5.62. The molecule has 0 spiro atoms. The van der Waals surface area contributed by atoms with Gasteiger partial charge in [-0.1, -0.05) is 36.4 Å². The largest absolute Gasteiger partial charge is 0.293 e. The van der Waals surface area contributed by atoms with Crippen molar-refractivity contribution in [2.24, 2.45) is 0 Å². The summed E-state index contributed by atoms with van der Waals surface area (Å²) in [7, 11) is -3.89. The van der Waals surface area contributed by atoms with Crippen LogP contribution in [-0.2, 0) is 9.84 Å². The number of carbonyl (C=O) groups is 1. The number of thioether (sulfide) groups is 1. The van der Waals surface area contributed by atoms with E-state index in [1.807, 2.05) is 30.3 Å². The maximum atomic E-state index is 13.2. The summed E-state index contributed by atoms with van der Waals surface area (Å²) in [4.78, 5) is 14.0. The molecule has 0 fully saturated rings. The highest BCUT2D eigenvalue weighted by atomic mass is 32.2. The molecule has 3 aromatic rings. The Hall–Kier alpha value is -2.44. The average molecular weight is 400 g/mol. The summed E-state index contributed by atoms with van der Waals surface area (Å²) in [6.45, 7) is 0. The number of carbonyl (C=O) groups excluding carboxylic acids is 1. The van der Waals surface area contributed by atoms with E-state index in [1.165, 1.54) is 36.0 Å². The van der Waals surface area contributed by atoms with Crippen LogP contribution in [0.5, 0.6) is 0 Å². The number of hydrogen-bond donors (Lipinski definition) is 0. The summed E-state index contributed by atoms with van der Waals surface area (Å²) in [5, 5.41) is -1.27. The van der Waals surface area contributed by atoms with Gasteiger partial charge < -0.3 is 0 Å². The molecule has 3 rings (SSSR count). The predicted molar refractivity (Wildman–Crippen MR) is 105 cm³/mol. The van der Waals surface area contributed by atoms with E-state index in [2.05, 4.69) is 0 Å². The number of halogens is 1. The fraction of sp³-hybridized carbons (Fsp3) is 0.0952. The lowest BCUT2D eigenvalue weighted by atomic mass is 10.1. The molecule has 3 aromatic carbocycles. The highest BCUT2D eigenvalue weighted by molar-refractivity contribution is 8.01. The molecule has 27 heavy (non-hydrogen) atoms. The van der Waals surface area contributed by atoms with Gasteiger partial charge in [0.2, 0.25) is 0 Å². The third-order valence-corrected chi connectivity index (χ3v) is 7.39. The minimum absolute atomic E-state index is 0.0669. The Morgan fingerprint density at radius 3 is 2.00 bits per heavy atom. The minimum atomic E-state index is -3.89. The molecule has 0 bridgehead atoms. The molecule has 0 aromatic heterocycles. The molecule has 0 aliphatic heterocycles. The first-order valence-corrected chi connectivity index (χ1v) is 10.8. The standard InChI is InChI=1S/C21H17FO3S2/c22-17-13-11-16(12-14-17)21(23)20(15-26-18-7-3-1-4-8-18)27(24,25)19-9-5-2-6-10-19/h1-14,20H,15H2. The van der Waals surface area contributed by atoms with Gasteiger partial charge in [-0.3, -0.25) is 4.79 Å². The molecule has 3 nitrogen and oxygen atoms in total. The zero-order chi connectivity index (χ0) is 19.3. The van der Waals surface area contributed by atoms with Crippen LogP contribution in [0.25, 0.3) is 0 Å². The van der Waals surface area contributed by atoms with Gasteiger partial charge in [-0.15, -0.1) is 11.8 Å². The Morgan fingerprint density at radius 1 is 0.852 bits per heavy atom. The van der Waals surface area contributed by atoms with Crippen molar-refractivity contribution in [2.75, 3.05) is 5.75 Å². The summed E-state index contributed by atoms with van der Waals surface area (Å²) in [6.07, 6.45) is 0. The van der Waals surface area contributed by atoms with Crippen molar-refractivity contribution < 1.29 is 17.6 Å². The topological polar surface area (TPSA) is 51.2 Å². The van der Waals surface area contributed by atoms with Gasteiger partial charge in [0.05, 0.1) is 4.90 Å². The first-order valence-electron chi connectivity index (χ1n) is 8.25. The van der Waals surface area contributed by atoms with Gasteiger partial charge in [0.25, 0.3) is 0 Å². The summed E-state index contributed by atoms with van der Waals surface area (Å²) in [6, 6.07) is 22.2. The second-order valence-electron chi connectivity index (χ2n) is 5.84. The Morgan fingerprint density at radius 2 is 1.41 bits per heavy atom. The number of sulfone groups is 1. The van der Waals surface area contributed by atoms with Gasteiger partial charge in [-0.25, -0.2) is 12.8 Å². The summed E-state index contributed by atoms with van der Waals surface area (Å²) < 4.78 is 39.4. The minimum Gasteiger partial charge on any atom is -0.293 e. The van der Waals surface area contributed by atoms with Gasteiger partial charge in [-0.05, 0) is 48.5 Å². The van der Waals surface area contributed by atoms with Crippen LogP contribution >= 0.6 is 11.8 Å². The molecule has 0 heterocycles. The van der Waals surface area contributed by atoms with Crippen molar-refractivity contribution in [1.29, 1.82) is 0 Å². The lowest BCUT2D eigenvalue weighted by Crippen LogP contribution is -2.33. The summed E-state index contributed by atoms with van der Waals surface area (Å²) >= 11 is 1.30. The lowest BCUT2D eigenvalue weighted by molar-refractivity contribution is 0.0992. The second-order valence-corrected chi connectivity index (χ2v) is 9.07. The maximum Gasteiger partial charge on any atom is 0.189 e. The van der Waals surface area contributed by atoms with E-state index in [0.717, 1.165) is 17.0 Å². The number of Topliss-reactive ketones (excluding diaryl/α,β-unsaturated/α-hetero) is 1. The van der Waals surface area contributed by atoms with Crippen molar-refractivity contribution in [3.8, 4) is 0 Å². The third kappa shape index (κ3) is 4.64. The van der Waals surface area contributed by atoms with Crippen LogP contribution in [0.3, 0.4) is 0 Å². The number of ketones is 1. The van der Waals surface area contributed by atoms with Gasteiger partial charge in [0.15, 0.2) is 15.6 Å². The Labute approximate surface area is 162 Å². The average Bonchev–Trinajstić information content (AvgIpc) is 2.70. The molecule has 0 saturated heterocycles. The normalized spacial score (nSPS) is 12.5. The van der Waals surface area contributed by atoms with Gasteiger partial charge in [-0.2, -0.15) is 0 Å². The molecule has 1 atom stereocenters. The van der Waals surface area contributed by atoms with Crippen LogP contribution < -0.4 is 0 Å². The molecule has 0 radical (unpaired) electrons. The van der Waals surface area contributed by atoms with Crippen molar-refractivity contribution in [3.63, 3.8) is 0 Å². The molecule has 0 aliphatic carbocycles. The van der Waals surface area contributed by atoms with Crippen molar-refractivity contribution >= 4 is 27.4 Å². The highest BCUT2D eigenvalue weighted by Crippen LogP contribution is 2.26.